The number of benzene rings is 1. The Morgan fingerprint density at radius 2 is 2.05 bits per heavy atom. The van der Waals surface area contributed by atoms with Crippen LogP contribution in [0, 0.1) is 11.3 Å². The summed E-state index contributed by atoms with van der Waals surface area (Å²) < 4.78 is 0. The Morgan fingerprint density at radius 1 is 1.23 bits per heavy atom. The van der Waals surface area contributed by atoms with Crippen LogP contribution in [0.1, 0.15) is 18.4 Å². The number of carbonyl (C=O) groups excluding carboxylic acids is 1. The van der Waals surface area contributed by atoms with Crippen LogP contribution in [0.15, 0.2) is 42.6 Å². The Bertz CT molecular complexity index is 716. The molecule has 2 aromatic rings. The molecule has 3 N–H and O–H groups in total. The fraction of sp³-hybridized carbons (Fsp3) is 0.188. The highest BCUT2D eigenvalue weighted by molar-refractivity contribution is 5.89. The van der Waals surface area contributed by atoms with Gasteiger partial charge >= 0.3 is 6.03 Å². The van der Waals surface area contributed by atoms with Crippen LogP contribution in [-0.2, 0) is 0 Å². The van der Waals surface area contributed by atoms with E-state index >= 15 is 0 Å². The largest absolute Gasteiger partial charge is 0.339 e. The van der Waals surface area contributed by atoms with Gasteiger partial charge in [0.15, 0.2) is 0 Å². The number of rotatable bonds is 4. The molecule has 0 bridgehead atoms. The second kappa shape index (κ2) is 6.14. The van der Waals surface area contributed by atoms with E-state index in [1.165, 1.54) is 0 Å². The van der Waals surface area contributed by atoms with E-state index in [0.29, 0.717) is 28.8 Å². The second-order valence-electron chi connectivity index (χ2n) is 5.09. The molecule has 110 valence electrons. The lowest BCUT2D eigenvalue weighted by molar-refractivity contribution is 0.251. The van der Waals surface area contributed by atoms with Crippen LogP contribution in [0.2, 0.25) is 0 Å². The third kappa shape index (κ3) is 3.52. The van der Waals surface area contributed by atoms with Gasteiger partial charge in [-0.25, -0.2) is 9.78 Å². The predicted molar refractivity (Wildman–Crippen MR) is 83.9 cm³/mol. The van der Waals surface area contributed by atoms with Crippen molar-refractivity contribution in [2.24, 2.45) is 0 Å². The molecule has 6 nitrogen and oxygen atoms in total. The van der Waals surface area contributed by atoms with Crippen molar-refractivity contribution in [3.05, 3.63) is 48.2 Å². The molecule has 0 aliphatic heterocycles. The molecule has 0 saturated heterocycles. The average molecular weight is 293 g/mol. The number of anilines is 3. The molecule has 2 amide bonds. The number of carbonyl (C=O) groups is 1. The van der Waals surface area contributed by atoms with Crippen molar-refractivity contribution in [2.75, 3.05) is 10.6 Å². The van der Waals surface area contributed by atoms with Crippen LogP contribution in [-0.4, -0.2) is 17.1 Å². The van der Waals surface area contributed by atoms with Crippen LogP contribution in [0.4, 0.5) is 22.0 Å². The van der Waals surface area contributed by atoms with E-state index in [2.05, 4.69) is 27.0 Å². The molecule has 1 saturated carbocycles. The van der Waals surface area contributed by atoms with Crippen molar-refractivity contribution in [1.82, 2.24) is 10.3 Å². The summed E-state index contributed by atoms with van der Waals surface area (Å²) in [6.45, 7) is 0. The predicted octanol–water partition coefficient (Wildman–Crippen LogP) is 2.98. The minimum atomic E-state index is -0.208. The lowest BCUT2D eigenvalue weighted by Crippen LogP contribution is -2.30. The molecule has 0 radical (unpaired) electrons. The van der Waals surface area contributed by atoms with Crippen molar-refractivity contribution >= 4 is 23.2 Å². The molecular weight excluding hydrogens is 278 g/mol. The van der Waals surface area contributed by atoms with Crippen molar-refractivity contribution in [1.29, 1.82) is 5.26 Å². The summed E-state index contributed by atoms with van der Waals surface area (Å²) in [4.78, 5) is 15.9. The first-order chi connectivity index (χ1) is 10.7. The summed E-state index contributed by atoms with van der Waals surface area (Å²) in [7, 11) is 0. The molecule has 6 heteroatoms. The van der Waals surface area contributed by atoms with Gasteiger partial charge < -0.3 is 16.0 Å². The van der Waals surface area contributed by atoms with E-state index in [0.717, 1.165) is 12.8 Å². The van der Waals surface area contributed by atoms with E-state index < -0.39 is 0 Å². The van der Waals surface area contributed by atoms with E-state index in [4.69, 9.17) is 5.26 Å². The molecule has 1 aromatic carbocycles. The summed E-state index contributed by atoms with van der Waals surface area (Å²) in [5.41, 5.74) is 1.87. The number of amides is 2. The Balaban J connectivity index is 1.63. The number of aromatic nitrogens is 1. The van der Waals surface area contributed by atoms with Gasteiger partial charge in [-0.1, -0.05) is 12.1 Å². The molecule has 0 unspecified atom stereocenters. The van der Waals surface area contributed by atoms with Crippen molar-refractivity contribution in [3.8, 4) is 6.07 Å². The second-order valence-corrected chi connectivity index (χ2v) is 5.09. The van der Waals surface area contributed by atoms with E-state index in [-0.39, 0.29) is 6.03 Å². The normalized spacial score (nSPS) is 13.0. The van der Waals surface area contributed by atoms with Gasteiger partial charge in [-0.15, -0.1) is 0 Å². The van der Waals surface area contributed by atoms with Gasteiger partial charge in [0.25, 0.3) is 0 Å². The quantitative estimate of drug-likeness (QED) is 0.808. The molecular formula is C16H15N5O. The lowest BCUT2D eigenvalue weighted by atomic mass is 10.2. The van der Waals surface area contributed by atoms with Gasteiger partial charge in [0.2, 0.25) is 0 Å². The van der Waals surface area contributed by atoms with Crippen LogP contribution in [0.3, 0.4) is 0 Å². The highest BCUT2D eigenvalue weighted by Crippen LogP contribution is 2.20. The fourth-order valence-corrected chi connectivity index (χ4v) is 1.95. The summed E-state index contributed by atoms with van der Waals surface area (Å²) in [6.07, 6.45) is 3.67. The average Bonchev–Trinajstić information content (AvgIpc) is 3.33. The van der Waals surface area contributed by atoms with Crippen molar-refractivity contribution < 1.29 is 4.79 Å². The van der Waals surface area contributed by atoms with Crippen molar-refractivity contribution in [3.63, 3.8) is 0 Å². The fourth-order valence-electron chi connectivity index (χ4n) is 1.95. The molecule has 22 heavy (non-hydrogen) atoms. The van der Waals surface area contributed by atoms with Gasteiger partial charge in [-0.3, -0.25) is 0 Å². The first-order valence-electron chi connectivity index (χ1n) is 7.04. The Hall–Kier alpha value is -3.07. The topological polar surface area (TPSA) is 89.8 Å². The highest BCUT2D eigenvalue weighted by Gasteiger charge is 2.23. The van der Waals surface area contributed by atoms with Gasteiger partial charge in [-0.05, 0) is 37.1 Å². The Morgan fingerprint density at radius 3 is 2.73 bits per heavy atom. The van der Waals surface area contributed by atoms with Crippen LogP contribution >= 0.6 is 0 Å². The molecule has 1 aromatic heterocycles. The maximum absolute atomic E-state index is 11.6. The van der Waals surface area contributed by atoms with Crippen LogP contribution < -0.4 is 16.0 Å². The third-order valence-corrected chi connectivity index (χ3v) is 3.24. The monoisotopic (exact) mass is 293 g/mol. The van der Waals surface area contributed by atoms with Crippen LogP contribution in [0.5, 0.6) is 0 Å². The Labute approximate surface area is 128 Å². The number of hydrogen-bond donors (Lipinski definition) is 3. The molecule has 1 fully saturated rings. The van der Waals surface area contributed by atoms with E-state index in [1.807, 2.05) is 18.2 Å². The number of para-hydroxylation sites is 1. The zero-order valence-corrected chi connectivity index (χ0v) is 11.8. The smallest absolute Gasteiger partial charge is 0.319 e. The number of hydrogen-bond acceptors (Lipinski definition) is 4. The number of nitrogens with one attached hydrogen (secondary N) is 3. The van der Waals surface area contributed by atoms with Crippen molar-refractivity contribution in [2.45, 2.75) is 18.9 Å². The minimum absolute atomic E-state index is 0.208. The molecule has 0 spiro atoms. The summed E-state index contributed by atoms with van der Waals surface area (Å²) in [6, 6.07) is 12.9. The van der Waals surface area contributed by atoms with Crippen LogP contribution in [0.25, 0.3) is 0 Å². The van der Waals surface area contributed by atoms with Gasteiger partial charge in [0, 0.05) is 6.04 Å². The van der Waals surface area contributed by atoms with Gasteiger partial charge in [0.05, 0.1) is 23.1 Å². The maximum atomic E-state index is 11.6. The molecule has 1 heterocycles. The summed E-state index contributed by atoms with van der Waals surface area (Å²) in [5, 5.41) is 17.7. The number of urea groups is 1. The van der Waals surface area contributed by atoms with Gasteiger partial charge in [-0.2, -0.15) is 5.26 Å². The lowest BCUT2D eigenvalue weighted by Gasteiger charge is -2.09. The third-order valence-electron chi connectivity index (χ3n) is 3.24. The minimum Gasteiger partial charge on any atom is -0.339 e. The molecule has 1 aliphatic carbocycles. The molecule has 1 aliphatic rings. The SMILES string of the molecule is N#Cc1ccccc1Nc1ccc(NC(=O)NC2CC2)cn1. The first kappa shape index (κ1) is 13.9. The number of pyridine rings is 1. The van der Waals surface area contributed by atoms with E-state index in [1.54, 1.807) is 24.4 Å². The number of nitrogens with zero attached hydrogens (tertiary/aromatic N) is 2. The summed E-state index contributed by atoms with van der Waals surface area (Å²) >= 11 is 0. The number of nitriles is 1. The highest BCUT2D eigenvalue weighted by atomic mass is 16.2. The zero-order chi connectivity index (χ0) is 15.4. The Kier molecular flexibility index (Phi) is 3.88. The molecule has 3 rings (SSSR count). The van der Waals surface area contributed by atoms with E-state index in [9.17, 15) is 4.79 Å². The van der Waals surface area contributed by atoms with Gasteiger partial charge in [0.1, 0.15) is 11.9 Å². The maximum Gasteiger partial charge on any atom is 0.319 e. The zero-order valence-electron chi connectivity index (χ0n) is 11.8. The standard InChI is InChI=1S/C16H15N5O/c17-9-11-3-1-2-4-14(11)21-15-8-7-13(10-18-15)20-16(22)19-12-5-6-12/h1-4,7-8,10,12H,5-6H2,(H,18,21)(H2,19,20,22). The first-order valence-corrected chi connectivity index (χ1v) is 7.04. The summed E-state index contributed by atoms with van der Waals surface area (Å²) in [5.74, 6) is 0.607. The molecule has 0 atom stereocenters.